The van der Waals surface area contributed by atoms with Gasteiger partial charge in [-0.2, -0.15) is 0 Å². The molecule has 2 aliphatic rings. The van der Waals surface area contributed by atoms with Crippen molar-refractivity contribution in [2.24, 2.45) is 11.8 Å². The summed E-state index contributed by atoms with van der Waals surface area (Å²) in [4.78, 5) is 25.0. The molecule has 0 radical (unpaired) electrons. The van der Waals surface area contributed by atoms with E-state index >= 15 is 0 Å². The molecule has 0 aromatic rings. The summed E-state index contributed by atoms with van der Waals surface area (Å²) in [6.07, 6.45) is 1.23. The second kappa shape index (κ2) is 5.91. The van der Waals surface area contributed by atoms with Crippen LogP contribution in [-0.4, -0.2) is 40.8 Å². The van der Waals surface area contributed by atoms with E-state index in [1.54, 1.807) is 6.92 Å². The van der Waals surface area contributed by atoms with Crippen molar-refractivity contribution in [2.75, 3.05) is 18.9 Å². The van der Waals surface area contributed by atoms with Gasteiger partial charge >= 0.3 is 11.9 Å². The standard InChI is InChI=1S/C14H19NO4S/c1-4-19-14(18)12-10(8(2)3)6-15-9(5-11(16)17)7-20-13(12)15/h5,8,10H,4,6-7H2,1-3H3,(H,16,17). The van der Waals surface area contributed by atoms with Gasteiger partial charge in [0.15, 0.2) is 0 Å². The monoisotopic (exact) mass is 297 g/mol. The van der Waals surface area contributed by atoms with Crippen LogP contribution in [0.1, 0.15) is 20.8 Å². The quantitative estimate of drug-likeness (QED) is 0.633. The number of hydrogen-bond acceptors (Lipinski definition) is 5. The highest BCUT2D eigenvalue weighted by atomic mass is 32.2. The zero-order valence-corrected chi connectivity index (χ0v) is 12.7. The summed E-state index contributed by atoms with van der Waals surface area (Å²) >= 11 is 1.52. The minimum absolute atomic E-state index is 0.0917. The fourth-order valence-electron chi connectivity index (χ4n) is 2.55. The lowest BCUT2D eigenvalue weighted by molar-refractivity contribution is -0.139. The predicted molar refractivity (Wildman–Crippen MR) is 76.9 cm³/mol. The molecule has 1 unspecified atom stereocenters. The van der Waals surface area contributed by atoms with Crippen LogP contribution in [0.15, 0.2) is 22.4 Å². The number of carboxylic acids is 1. The van der Waals surface area contributed by atoms with Crippen molar-refractivity contribution in [1.29, 1.82) is 0 Å². The number of ether oxygens (including phenoxy) is 1. The van der Waals surface area contributed by atoms with Crippen LogP contribution in [0.25, 0.3) is 0 Å². The van der Waals surface area contributed by atoms with E-state index in [9.17, 15) is 9.59 Å². The molecule has 6 heteroatoms. The van der Waals surface area contributed by atoms with E-state index < -0.39 is 5.97 Å². The van der Waals surface area contributed by atoms with E-state index in [2.05, 4.69) is 13.8 Å². The lowest BCUT2D eigenvalue weighted by atomic mass is 9.90. The molecule has 110 valence electrons. The highest BCUT2D eigenvalue weighted by Gasteiger charge is 2.42. The zero-order valence-electron chi connectivity index (χ0n) is 11.9. The average molecular weight is 297 g/mol. The molecule has 0 aromatic carbocycles. The van der Waals surface area contributed by atoms with Gasteiger partial charge < -0.3 is 14.7 Å². The van der Waals surface area contributed by atoms with Gasteiger partial charge in [-0.1, -0.05) is 13.8 Å². The van der Waals surface area contributed by atoms with E-state index in [1.165, 1.54) is 17.8 Å². The third-order valence-corrected chi connectivity index (χ3v) is 4.67. The Morgan fingerprint density at radius 3 is 2.80 bits per heavy atom. The number of rotatable bonds is 4. The molecule has 0 spiro atoms. The maximum absolute atomic E-state index is 12.2. The van der Waals surface area contributed by atoms with E-state index in [0.717, 1.165) is 10.7 Å². The van der Waals surface area contributed by atoms with Gasteiger partial charge in [-0.05, 0) is 12.8 Å². The number of carbonyl (C=O) groups excluding carboxylic acids is 1. The van der Waals surface area contributed by atoms with Crippen LogP contribution >= 0.6 is 11.8 Å². The summed E-state index contributed by atoms with van der Waals surface area (Å²) in [5.41, 5.74) is 1.46. The first-order valence-corrected chi connectivity index (χ1v) is 7.69. The van der Waals surface area contributed by atoms with Crippen LogP contribution in [-0.2, 0) is 14.3 Å². The largest absolute Gasteiger partial charge is 0.478 e. The SMILES string of the molecule is CCOC(=O)C1=C2SCC(=CC(=O)O)N2CC1C(C)C. The van der Waals surface area contributed by atoms with Crippen LogP contribution in [0.2, 0.25) is 0 Å². The van der Waals surface area contributed by atoms with Crippen LogP contribution in [0.3, 0.4) is 0 Å². The van der Waals surface area contributed by atoms with Gasteiger partial charge in [-0.15, -0.1) is 11.8 Å². The average Bonchev–Trinajstić information content (AvgIpc) is 2.89. The topological polar surface area (TPSA) is 66.8 Å². The summed E-state index contributed by atoms with van der Waals surface area (Å²) in [6, 6.07) is 0. The van der Waals surface area contributed by atoms with Crippen molar-refractivity contribution in [1.82, 2.24) is 4.90 Å². The Bertz CT molecular complexity index is 495. The van der Waals surface area contributed by atoms with Gasteiger partial charge in [0, 0.05) is 30.0 Å². The molecule has 0 saturated carbocycles. The number of nitrogens with zero attached hydrogens (tertiary/aromatic N) is 1. The van der Waals surface area contributed by atoms with Crippen LogP contribution in [0.4, 0.5) is 0 Å². The van der Waals surface area contributed by atoms with Gasteiger partial charge in [0.25, 0.3) is 0 Å². The van der Waals surface area contributed by atoms with E-state index in [0.29, 0.717) is 30.4 Å². The maximum atomic E-state index is 12.2. The molecule has 2 aliphatic heterocycles. The maximum Gasteiger partial charge on any atom is 0.337 e. The number of aliphatic carboxylic acids is 1. The van der Waals surface area contributed by atoms with Crippen LogP contribution in [0, 0.1) is 11.8 Å². The summed E-state index contributed by atoms with van der Waals surface area (Å²) < 4.78 is 5.16. The van der Waals surface area contributed by atoms with Gasteiger partial charge in [-0.3, -0.25) is 0 Å². The molecule has 1 atom stereocenters. The van der Waals surface area contributed by atoms with Crippen molar-refractivity contribution in [3.05, 3.63) is 22.4 Å². The summed E-state index contributed by atoms with van der Waals surface area (Å²) in [6.45, 7) is 6.93. The third-order valence-electron chi connectivity index (χ3n) is 3.52. The minimum Gasteiger partial charge on any atom is -0.478 e. The molecule has 0 amide bonds. The van der Waals surface area contributed by atoms with E-state index in [1.807, 2.05) is 4.90 Å². The fourth-order valence-corrected chi connectivity index (χ4v) is 3.81. The normalized spacial score (nSPS) is 23.7. The highest BCUT2D eigenvalue weighted by Crippen LogP contribution is 2.46. The molecule has 20 heavy (non-hydrogen) atoms. The Balaban J connectivity index is 2.36. The molecular formula is C14H19NO4S. The summed E-state index contributed by atoms with van der Waals surface area (Å²) in [5, 5.41) is 9.78. The molecule has 0 aromatic heterocycles. The molecule has 2 rings (SSSR count). The predicted octanol–water partition coefficient (Wildman–Crippen LogP) is 2.06. The number of carboxylic acid groups (broad SMARTS) is 1. The second-order valence-corrected chi connectivity index (χ2v) is 6.13. The smallest absolute Gasteiger partial charge is 0.337 e. The van der Waals surface area contributed by atoms with Crippen molar-refractivity contribution >= 4 is 23.7 Å². The number of fused-ring (bicyclic) bond motifs is 1. The number of carbonyl (C=O) groups is 2. The molecule has 1 saturated heterocycles. The number of hydrogen-bond donors (Lipinski definition) is 1. The van der Waals surface area contributed by atoms with Crippen molar-refractivity contribution in [2.45, 2.75) is 20.8 Å². The molecule has 1 fully saturated rings. The molecule has 1 N–H and O–H groups in total. The zero-order chi connectivity index (χ0) is 14.9. The van der Waals surface area contributed by atoms with Crippen LogP contribution < -0.4 is 0 Å². The first kappa shape index (κ1) is 15.0. The van der Waals surface area contributed by atoms with Crippen LogP contribution in [0.5, 0.6) is 0 Å². The van der Waals surface area contributed by atoms with Gasteiger partial charge in [0.1, 0.15) is 0 Å². The number of thioether (sulfide) groups is 1. The Hall–Kier alpha value is -1.43. The molecule has 0 aliphatic carbocycles. The summed E-state index contributed by atoms with van der Waals surface area (Å²) in [7, 11) is 0. The molecule has 0 bridgehead atoms. The van der Waals surface area contributed by atoms with Crippen molar-refractivity contribution in [3.8, 4) is 0 Å². The van der Waals surface area contributed by atoms with Gasteiger partial charge in [0.2, 0.25) is 0 Å². The Labute approximate surface area is 122 Å². The van der Waals surface area contributed by atoms with Crippen molar-refractivity contribution < 1.29 is 19.4 Å². The lowest BCUT2D eigenvalue weighted by Gasteiger charge is -2.20. The van der Waals surface area contributed by atoms with Crippen molar-refractivity contribution in [3.63, 3.8) is 0 Å². The second-order valence-electron chi connectivity index (χ2n) is 5.16. The van der Waals surface area contributed by atoms with E-state index in [-0.39, 0.29) is 11.9 Å². The minimum atomic E-state index is -0.951. The van der Waals surface area contributed by atoms with Gasteiger partial charge in [0.05, 0.1) is 17.2 Å². The summed E-state index contributed by atoms with van der Waals surface area (Å²) in [5.74, 6) is -0.233. The lowest BCUT2D eigenvalue weighted by Crippen LogP contribution is -2.23. The third kappa shape index (κ3) is 2.70. The Morgan fingerprint density at radius 1 is 1.55 bits per heavy atom. The Morgan fingerprint density at radius 2 is 2.25 bits per heavy atom. The molecule has 5 nitrogen and oxygen atoms in total. The molecular weight excluding hydrogens is 278 g/mol. The highest BCUT2D eigenvalue weighted by molar-refractivity contribution is 8.03. The number of esters is 1. The van der Waals surface area contributed by atoms with Gasteiger partial charge in [-0.25, -0.2) is 9.59 Å². The Kier molecular flexibility index (Phi) is 4.42. The first-order valence-electron chi connectivity index (χ1n) is 6.70. The molecule has 2 heterocycles. The van der Waals surface area contributed by atoms with E-state index in [4.69, 9.17) is 9.84 Å². The first-order chi connectivity index (χ1) is 9.45. The fraction of sp³-hybridized carbons (Fsp3) is 0.571.